The number of aliphatic hydroxyl groups is 1. The number of hydrogen-bond donors (Lipinski definition) is 3. The van der Waals surface area contributed by atoms with Gasteiger partial charge in [-0.05, 0) is 50.4 Å². The molecule has 3 unspecified atom stereocenters. The Balaban J connectivity index is 1.18. The number of aliphatic carboxylic acids is 1. The highest BCUT2D eigenvalue weighted by Gasteiger charge is 2.32. The van der Waals surface area contributed by atoms with E-state index in [2.05, 4.69) is 20.8 Å². The van der Waals surface area contributed by atoms with E-state index in [4.69, 9.17) is 14.6 Å². The summed E-state index contributed by atoms with van der Waals surface area (Å²) in [5.74, 6) is -0.710. The van der Waals surface area contributed by atoms with Crippen molar-refractivity contribution in [3.05, 3.63) is 125 Å². The number of carbonyl (C=O) groups is 2. The second-order valence-electron chi connectivity index (χ2n) is 11.3. The number of tetrazole rings is 1. The van der Waals surface area contributed by atoms with Crippen LogP contribution in [0.15, 0.2) is 108 Å². The Kier molecular flexibility index (Phi) is 10.9. The number of aliphatic hydroxyl groups excluding tert-OH is 1. The van der Waals surface area contributed by atoms with Crippen LogP contribution in [0.3, 0.4) is 0 Å². The third-order valence-corrected chi connectivity index (χ3v) is 9.06. The molecule has 1 saturated heterocycles. The number of carboxylic acid groups (broad SMARTS) is 1. The summed E-state index contributed by atoms with van der Waals surface area (Å²) in [6, 6.07) is 33.3. The summed E-state index contributed by atoms with van der Waals surface area (Å²) < 4.78 is 14.8. The number of ether oxygens (including phenoxy) is 2. The smallest absolute Gasteiger partial charge is 0.303 e. The van der Waals surface area contributed by atoms with Gasteiger partial charge in [-0.2, -0.15) is 4.68 Å². The summed E-state index contributed by atoms with van der Waals surface area (Å²) in [4.78, 5) is 23.0. The average Bonchev–Trinajstić information content (AvgIpc) is 3.61. The zero-order valence-electron chi connectivity index (χ0n) is 26.0. The summed E-state index contributed by atoms with van der Waals surface area (Å²) in [6.07, 6.45) is -0.696. The maximum atomic E-state index is 12.1. The van der Waals surface area contributed by atoms with Gasteiger partial charge in [0.25, 0.3) is 0 Å². The van der Waals surface area contributed by atoms with E-state index in [9.17, 15) is 14.7 Å². The molecule has 0 radical (unpaired) electrons. The van der Waals surface area contributed by atoms with Crippen LogP contribution in [0.5, 0.6) is 0 Å². The molecule has 1 aliphatic heterocycles. The minimum atomic E-state index is -1.00. The van der Waals surface area contributed by atoms with Gasteiger partial charge >= 0.3 is 5.97 Å². The number of hydrogen-bond acceptors (Lipinski definition) is 9. The quantitative estimate of drug-likeness (QED) is 0.135. The molecule has 3 N–H and O–H groups in total. The molecule has 0 bridgehead atoms. The van der Waals surface area contributed by atoms with Crippen molar-refractivity contribution >= 4 is 23.6 Å². The molecule has 6 rings (SSSR count). The van der Waals surface area contributed by atoms with Gasteiger partial charge < -0.3 is 25.0 Å². The standard InChI is InChI=1S/C36H35N5O6S/c42-22-24-10-12-26(13-11-24)32-20-30(23-48-36-38-39-40-41(36)29-7-2-1-3-8-29)46-35(47-32)27-16-14-25(15-17-27)31-9-5-4-6-28(31)21-37-33(43)18-19-34(44)45/h1-17,30,32,35,42H,18-23H2,(H,37,43)(H,44,45). The van der Waals surface area contributed by atoms with E-state index < -0.39 is 12.3 Å². The highest BCUT2D eigenvalue weighted by molar-refractivity contribution is 7.99. The van der Waals surface area contributed by atoms with Crippen LogP contribution in [-0.4, -0.2) is 54.2 Å². The van der Waals surface area contributed by atoms with E-state index in [1.807, 2.05) is 103 Å². The number of nitrogens with one attached hydrogen (secondary N) is 1. The van der Waals surface area contributed by atoms with Gasteiger partial charge in [-0.1, -0.05) is 103 Å². The number of para-hydroxylation sites is 1. The van der Waals surface area contributed by atoms with Crippen LogP contribution in [0.2, 0.25) is 0 Å². The molecule has 3 atom stereocenters. The Morgan fingerprint density at radius 2 is 1.60 bits per heavy atom. The summed E-state index contributed by atoms with van der Waals surface area (Å²) in [5.41, 5.74) is 6.40. The summed E-state index contributed by atoms with van der Waals surface area (Å²) in [7, 11) is 0. The molecule has 0 aliphatic carbocycles. The van der Waals surface area contributed by atoms with Gasteiger partial charge in [0, 0.05) is 30.7 Å². The fourth-order valence-corrected chi connectivity index (χ4v) is 6.38. The van der Waals surface area contributed by atoms with Gasteiger partial charge in [0.15, 0.2) is 6.29 Å². The molecule has 5 aromatic rings. The van der Waals surface area contributed by atoms with E-state index in [0.717, 1.165) is 39.1 Å². The first-order valence-electron chi connectivity index (χ1n) is 15.6. The predicted molar refractivity (Wildman–Crippen MR) is 179 cm³/mol. The molecular formula is C36H35N5O6S. The number of thioether (sulfide) groups is 1. The lowest BCUT2D eigenvalue weighted by atomic mass is 9.97. The zero-order chi connectivity index (χ0) is 33.3. The Morgan fingerprint density at radius 3 is 2.35 bits per heavy atom. The number of aromatic nitrogens is 4. The van der Waals surface area contributed by atoms with Crippen molar-refractivity contribution in [3.8, 4) is 16.8 Å². The summed E-state index contributed by atoms with van der Waals surface area (Å²) in [5, 5.41) is 34.2. The Labute approximate surface area is 281 Å². The Bertz CT molecular complexity index is 1820. The molecule has 246 valence electrons. The topological polar surface area (TPSA) is 149 Å². The molecule has 12 heteroatoms. The van der Waals surface area contributed by atoms with Gasteiger partial charge in [0.1, 0.15) is 0 Å². The third kappa shape index (κ3) is 8.33. The Morgan fingerprint density at radius 1 is 0.875 bits per heavy atom. The van der Waals surface area contributed by atoms with E-state index in [0.29, 0.717) is 17.3 Å². The molecule has 1 aromatic heterocycles. The van der Waals surface area contributed by atoms with Crippen molar-refractivity contribution in [1.29, 1.82) is 0 Å². The summed E-state index contributed by atoms with van der Waals surface area (Å²) in [6.45, 7) is 0.258. The fraction of sp³-hybridized carbons (Fsp3) is 0.250. The first-order chi connectivity index (χ1) is 23.5. The Hall–Kier alpha value is -4.88. The number of nitrogens with zero attached hydrogens (tertiary/aromatic N) is 4. The molecule has 1 fully saturated rings. The van der Waals surface area contributed by atoms with Crippen molar-refractivity contribution in [2.45, 2.75) is 56.1 Å². The number of carboxylic acids is 1. The van der Waals surface area contributed by atoms with Crippen LogP contribution in [-0.2, 0) is 32.2 Å². The highest BCUT2D eigenvalue weighted by Crippen LogP contribution is 2.40. The van der Waals surface area contributed by atoms with Gasteiger partial charge in [-0.25, -0.2) is 0 Å². The van der Waals surface area contributed by atoms with E-state index >= 15 is 0 Å². The number of amides is 1. The minimum Gasteiger partial charge on any atom is -0.481 e. The van der Waals surface area contributed by atoms with Gasteiger partial charge in [0.05, 0.1) is 30.9 Å². The largest absolute Gasteiger partial charge is 0.481 e. The fourth-order valence-electron chi connectivity index (χ4n) is 5.47. The number of benzene rings is 4. The van der Waals surface area contributed by atoms with Gasteiger partial charge in [-0.3, -0.25) is 9.59 Å². The van der Waals surface area contributed by atoms with Gasteiger partial charge in [-0.15, -0.1) is 5.10 Å². The number of carbonyl (C=O) groups excluding carboxylic acids is 1. The third-order valence-electron chi connectivity index (χ3n) is 8.01. The zero-order valence-corrected chi connectivity index (χ0v) is 26.8. The van der Waals surface area contributed by atoms with Crippen LogP contribution >= 0.6 is 11.8 Å². The average molecular weight is 666 g/mol. The van der Waals surface area contributed by atoms with E-state index in [1.54, 1.807) is 4.68 Å². The second kappa shape index (κ2) is 15.8. The van der Waals surface area contributed by atoms with Crippen LogP contribution in [0.4, 0.5) is 0 Å². The SMILES string of the molecule is O=C(O)CCC(=O)NCc1ccccc1-c1ccc(C2OC(CSc3nnnn3-c3ccccc3)CC(c3ccc(CO)cc3)O2)cc1. The van der Waals surface area contributed by atoms with Crippen LogP contribution < -0.4 is 5.32 Å². The maximum absolute atomic E-state index is 12.1. The molecule has 4 aromatic carbocycles. The van der Waals surface area contributed by atoms with Gasteiger partial charge in [0.2, 0.25) is 11.1 Å². The van der Waals surface area contributed by atoms with E-state index in [1.165, 1.54) is 11.8 Å². The van der Waals surface area contributed by atoms with Crippen molar-refractivity contribution in [1.82, 2.24) is 25.5 Å². The first kappa shape index (κ1) is 33.0. The molecule has 11 nitrogen and oxygen atoms in total. The molecule has 1 aliphatic rings. The lowest BCUT2D eigenvalue weighted by Crippen LogP contribution is -2.31. The normalized spacial score (nSPS) is 17.6. The molecule has 2 heterocycles. The minimum absolute atomic E-state index is 0.0283. The first-order valence-corrected chi connectivity index (χ1v) is 16.6. The molecule has 0 spiro atoms. The monoisotopic (exact) mass is 665 g/mol. The predicted octanol–water partition coefficient (Wildman–Crippen LogP) is 5.64. The van der Waals surface area contributed by atoms with Crippen LogP contribution in [0.1, 0.15) is 53.9 Å². The molecule has 0 saturated carbocycles. The van der Waals surface area contributed by atoms with Crippen LogP contribution in [0.25, 0.3) is 16.8 Å². The van der Waals surface area contributed by atoms with Crippen molar-refractivity contribution in [2.24, 2.45) is 0 Å². The van der Waals surface area contributed by atoms with Crippen molar-refractivity contribution < 1.29 is 29.3 Å². The van der Waals surface area contributed by atoms with Crippen molar-refractivity contribution in [3.63, 3.8) is 0 Å². The number of rotatable bonds is 13. The second-order valence-corrected chi connectivity index (χ2v) is 12.3. The van der Waals surface area contributed by atoms with Crippen LogP contribution in [0, 0.1) is 0 Å². The maximum Gasteiger partial charge on any atom is 0.303 e. The molecule has 1 amide bonds. The van der Waals surface area contributed by atoms with Crippen molar-refractivity contribution in [2.75, 3.05) is 5.75 Å². The summed E-state index contributed by atoms with van der Waals surface area (Å²) >= 11 is 1.52. The lowest BCUT2D eigenvalue weighted by Gasteiger charge is -2.36. The molecule has 48 heavy (non-hydrogen) atoms. The molecular weight excluding hydrogens is 630 g/mol. The highest BCUT2D eigenvalue weighted by atomic mass is 32.2. The lowest BCUT2D eigenvalue weighted by molar-refractivity contribution is -0.245. The van der Waals surface area contributed by atoms with E-state index in [-0.39, 0.29) is 44.1 Å².